The lowest BCUT2D eigenvalue weighted by molar-refractivity contribution is 0.483. The second-order valence-corrected chi connectivity index (χ2v) is 6.56. The minimum atomic E-state index is -0.0807. The van der Waals surface area contributed by atoms with E-state index in [1.807, 2.05) is 42.5 Å². The highest BCUT2D eigenvalue weighted by atomic mass is 127. The Kier molecular flexibility index (Phi) is 4.28. The Morgan fingerprint density at radius 2 is 1.40 bits per heavy atom. The number of ether oxygens (including phenoxy) is 1. The summed E-state index contributed by atoms with van der Waals surface area (Å²) in [5, 5.41) is 0. The minimum Gasteiger partial charge on any atom is -0.457 e. The summed E-state index contributed by atoms with van der Waals surface area (Å²) in [4.78, 5) is 0. The van der Waals surface area contributed by atoms with Gasteiger partial charge in [0.2, 0.25) is 0 Å². The number of rotatable bonds is 3. The lowest BCUT2D eigenvalue weighted by atomic mass is 10.3. The van der Waals surface area contributed by atoms with Crippen LogP contribution in [-0.4, -0.2) is 16.5 Å². The van der Waals surface area contributed by atoms with E-state index in [1.165, 1.54) is 3.69 Å². The third-order valence-corrected chi connectivity index (χ3v) is 5.48. The monoisotopic (exact) mass is 320 g/mol. The molecule has 0 saturated heterocycles. The van der Waals surface area contributed by atoms with Crippen molar-refractivity contribution in [1.29, 1.82) is 0 Å². The maximum atomic E-state index is 5.69. The lowest BCUT2D eigenvalue weighted by Gasteiger charge is -2.05. The van der Waals surface area contributed by atoms with Gasteiger partial charge in [-0.3, -0.25) is 18.9 Å². The van der Waals surface area contributed by atoms with E-state index in [0.717, 1.165) is 11.5 Å². The highest BCUT2D eigenvalue weighted by molar-refractivity contribution is 14.1. The van der Waals surface area contributed by atoms with E-state index in [-0.39, 0.29) is 16.5 Å². The molecule has 15 heavy (non-hydrogen) atoms. The van der Waals surface area contributed by atoms with Gasteiger partial charge in [0.1, 0.15) is 11.5 Å². The highest BCUT2D eigenvalue weighted by Crippen LogP contribution is 2.19. The fraction of sp³-hybridized carbons (Fsp3) is 0. The van der Waals surface area contributed by atoms with Crippen LogP contribution < -0.4 is 8.43 Å². The molecule has 0 heterocycles. The predicted molar refractivity (Wildman–Crippen MR) is 72.4 cm³/mol. The van der Waals surface area contributed by atoms with E-state index in [1.54, 1.807) is 0 Å². The first-order valence-corrected chi connectivity index (χ1v) is 10.6. The number of halogens is 1. The first-order chi connectivity index (χ1) is 7.38. The molecule has 72 valence electrons. The lowest BCUT2D eigenvalue weighted by Crippen LogP contribution is -2.06. The molecule has 1 nitrogen and oxygen atoms in total. The predicted octanol–water partition coefficient (Wildman–Crippen LogP) is 3.16. The number of benzene rings is 2. The van der Waals surface area contributed by atoms with Crippen LogP contribution in [0.15, 0.2) is 54.6 Å². The van der Waals surface area contributed by atoms with Crippen molar-refractivity contribution in [2.75, 3.05) is 0 Å². The number of hydrogen-bond donors (Lipinski definition) is 0. The zero-order valence-corrected chi connectivity index (χ0v) is 11.8. The number of para-hydroxylation sites is 1. The largest absolute Gasteiger partial charge is 0.502 e. The summed E-state index contributed by atoms with van der Waals surface area (Å²) < 4.78 is 7.15. The maximum absolute atomic E-state index is 5.69. The van der Waals surface area contributed by atoms with Gasteiger partial charge in [-0.25, -0.2) is 0 Å². The van der Waals surface area contributed by atoms with Crippen molar-refractivity contribution in [3.63, 3.8) is 0 Å². The van der Waals surface area contributed by atoms with Crippen molar-refractivity contribution < 1.29 is 4.74 Å². The third kappa shape index (κ3) is 3.36. The molecule has 2 rings (SSSR count). The molecule has 0 atom stereocenters. The summed E-state index contributed by atoms with van der Waals surface area (Å²) in [6, 6.07) is 18.2. The van der Waals surface area contributed by atoms with E-state index in [0.29, 0.717) is 0 Å². The zero-order chi connectivity index (χ0) is 10.5. The van der Waals surface area contributed by atoms with E-state index in [2.05, 4.69) is 31.0 Å². The van der Waals surface area contributed by atoms with Crippen molar-refractivity contribution in [3.8, 4) is 11.5 Å². The second-order valence-electron chi connectivity index (χ2n) is 3.19. The van der Waals surface area contributed by atoms with Crippen LogP contribution in [0.5, 0.6) is 11.5 Å². The van der Waals surface area contributed by atoms with Gasteiger partial charge in [-0.1, -0.05) is 30.3 Å². The average Bonchev–Trinajstić information content (AvgIpc) is 2.31. The first-order valence-electron chi connectivity index (χ1n) is 4.76. The van der Waals surface area contributed by atoms with Crippen molar-refractivity contribution in [2.24, 2.45) is 0 Å². The number of hydrogen-bond acceptors (Lipinski definition) is 1. The van der Waals surface area contributed by atoms with Gasteiger partial charge in [0.25, 0.3) is 0 Å². The molecule has 0 bridgehead atoms. The fourth-order valence-corrected chi connectivity index (χ4v) is 3.21. The van der Waals surface area contributed by atoms with Crippen LogP contribution in [0.2, 0.25) is 0 Å². The summed E-state index contributed by atoms with van der Waals surface area (Å²) in [6.45, 7) is 0. The molecule has 2 aromatic carbocycles. The van der Waals surface area contributed by atoms with Crippen LogP contribution in [-0.2, 0) is 0 Å². The van der Waals surface area contributed by atoms with E-state index in [9.17, 15) is 0 Å². The third-order valence-electron chi connectivity index (χ3n) is 2.06. The van der Waals surface area contributed by atoms with Gasteiger partial charge < -0.3 is 4.74 Å². The van der Waals surface area contributed by atoms with Crippen molar-refractivity contribution in [3.05, 3.63) is 54.6 Å². The van der Waals surface area contributed by atoms with E-state index < -0.39 is 0 Å². The van der Waals surface area contributed by atoms with Gasteiger partial charge in [-0.15, -0.1) is 0 Å². The summed E-state index contributed by atoms with van der Waals surface area (Å²) in [5.41, 5.74) is 0. The van der Waals surface area contributed by atoms with E-state index in [4.69, 9.17) is 4.74 Å². The molecule has 0 aromatic heterocycles. The Hall–Kier alpha value is -0.264. The molecule has 2 aromatic rings. The zero-order valence-electron chi connectivity index (χ0n) is 8.19. The van der Waals surface area contributed by atoms with Gasteiger partial charge >= 0.3 is 16.5 Å². The summed E-state index contributed by atoms with van der Waals surface area (Å²) >= 11 is 2.41. The molecule has 0 amide bonds. The molecule has 0 spiro atoms. The van der Waals surface area contributed by atoms with Gasteiger partial charge in [-0.2, -0.15) is 3.69 Å². The highest BCUT2D eigenvalue weighted by Gasteiger charge is 1.97. The summed E-state index contributed by atoms with van der Waals surface area (Å²) in [6.07, 6.45) is 0. The Bertz CT molecular complexity index is 413. The Morgan fingerprint density at radius 3 is 2.00 bits per heavy atom. The quantitative estimate of drug-likeness (QED) is 0.623. The summed E-state index contributed by atoms with van der Waals surface area (Å²) in [7, 11) is 0. The maximum Gasteiger partial charge on any atom is 0.502 e. The van der Waals surface area contributed by atoms with Crippen molar-refractivity contribution in [1.82, 2.24) is 0 Å². The Balaban J connectivity index is 2.11. The van der Waals surface area contributed by atoms with Crippen LogP contribution in [0.1, 0.15) is 0 Å². The van der Waals surface area contributed by atoms with Gasteiger partial charge in [0.15, 0.2) is 0 Å². The Labute approximate surface area is 109 Å². The van der Waals surface area contributed by atoms with Crippen LogP contribution >= 0.6 is 18.9 Å². The molecular weight excluding hydrogens is 311 g/mol. The molecule has 3 heteroatoms. The van der Waals surface area contributed by atoms with Crippen LogP contribution in [0.25, 0.3) is 0 Å². The standard InChI is InChI=1S/C12H9O.HI.Mg/c1-3-7-11(8-4-1)13-12-9-5-2-6-10-12;;/h1,3-10H;1H;/q;;+1/p-1. The van der Waals surface area contributed by atoms with Crippen LogP contribution in [0.4, 0.5) is 0 Å². The normalized spacial score (nSPS) is 9.40. The first kappa shape index (κ1) is 11.2. The van der Waals surface area contributed by atoms with Crippen molar-refractivity contribution >= 4 is 39.0 Å². The van der Waals surface area contributed by atoms with Crippen molar-refractivity contribution in [2.45, 2.75) is 0 Å². The molecule has 0 aliphatic carbocycles. The molecule has 0 aliphatic heterocycles. The molecule has 0 saturated carbocycles. The average molecular weight is 320 g/mol. The molecule has 0 fully saturated rings. The van der Waals surface area contributed by atoms with Gasteiger partial charge in [0.05, 0.1) is 0 Å². The smallest absolute Gasteiger partial charge is 0.457 e. The van der Waals surface area contributed by atoms with Gasteiger partial charge in [-0.05, 0) is 24.3 Å². The molecule has 0 aliphatic rings. The Morgan fingerprint density at radius 1 is 0.800 bits per heavy atom. The fourth-order valence-electron chi connectivity index (χ4n) is 1.27. The molecule has 0 radical (unpaired) electrons. The second kappa shape index (κ2) is 5.72. The minimum absolute atomic E-state index is 0.0807. The summed E-state index contributed by atoms with van der Waals surface area (Å²) in [5.74, 6) is 1.79. The van der Waals surface area contributed by atoms with Crippen LogP contribution in [0, 0.1) is 0 Å². The van der Waals surface area contributed by atoms with E-state index >= 15 is 0 Å². The van der Waals surface area contributed by atoms with Gasteiger partial charge in [0, 0.05) is 0 Å². The topological polar surface area (TPSA) is 9.23 Å². The SMILES string of the molecule is [I][Mg][c]1ccc(Oc2ccccc2)cc1. The molecule has 0 N–H and O–H groups in total. The molecular formula is C12H9IMgO. The molecule has 0 unspecified atom stereocenters. The van der Waals surface area contributed by atoms with Crippen LogP contribution in [0.3, 0.4) is 0 Å².